The molecule has 0 unspecified atom stereocenters. The van der Waals surface area contributed by atoms with E-state index in [0.717, 1.165) is 5.69 Å². The average Bonchev–Trinajstić information content (AvgIpc) is 3.28. The van der Waals surface area contributed by atoms with Crippen molar-refractivity contribution in [2.24, 2.45) is 0 Å². The Hall–Kier alpha value is -3.64. The first-order valence-corrected chi connectivity index (χ1v) is 13.1. The second kappa shape index (κ2) is 12.0. The highest BCUT2D eigenvalue weighted by molar-refractivity contribution is 5.75. The fourth-order valence-corrected chi connectivity index (χ4v) is 4.69. The quantitative estimate of drug-likeness (QED) is 0.473. The van der Waals surface area contributed by atoms with Crippen molar-refractivity contribution >= 4 is 11.7 Å². The number of rotatable bonds is 4. The lowest BCUT2D eigenvalue weighted by Gasteiger charge is -2.30. The average molecular weight is 550 g/mol. The number of urea groups is 1. The third-order valence-corrected chi connectivity index (χ3v) is 6.80. The number of amides is 2. The Bertz CT molecular complexity index is 1300. The number of nitrogens with one attached hydrogen (secondary N) is 1. The number of pyridine rings is 1. The van der Waals surface area contributed by atoms with E-state index in [0.29, 0.717) is 73.2 Å². The van der Waals surface area contributed by atoms with Gasteiger partial charge in [-0.1, -0.05) is 6.42 Å². The molecule has 0 aromatic carbocycles. The van der Waals surface area contributed by atoms with Crippen LogP contribution < -0.4 is 14.8 Å². The number of ether oxygens (including phenoxy) is 2. The van der Waals surface area contributed by atoms with Crippen molar-refractivity contribution in [2.45, 2.75) is 77.6 Å². The fourth-order valence-electron chi connectivity index (χ4n) is 4.69. The highest BCUT2D eigenvalue weighted by atomic mass is 19.4. The maximum atomic E-state index is 13.3. The zero-order chi connectivity index (χ0) is 28.2. The summed E-state index contributed by atoms with van der Waals surface area (Å²) in [6, 6.07) is 0.226. The van der Waals surface area contributed by atoms with Gasteiger partial charge in [0.05, 0.1) is 49.1 Å². The van der Waals surface area contributed by atoms with Gasteiger partial charge in [0.1, 0.15) is 5.75 Å². The number of halogens is 3. The number of methoxy groups -OCH3 is 1. The van der Waals surface area contributed by atoms with Crippen LogP contribution >= 0.6 is 0 Å². The molecule has 4 heterocycles. The number of aryl methyl sites for hydroxylation is 1. The van der Waals surface area contributed by atoms with Gasteiger partial charge in [-0.3, -0.25) is 4.98 Å². The van der Waals surface area contributed by atoms with E-state index in [9.17, 15) is 18.0 Å². The number of aromatic nitrogens is 5. The van der Waals surface area contributed by atoms with Crippen LogP contribution in [0.3, 0.4) is 0 Å². The van der Waals surface area contributed by atoms with Crippen molar-refractivity contribution in [3.63, 3.8) is 0 Å². The van der Waals surface area contributed by atoms with Crippen LogP contribution in [0.1, 0.15) is 69.8 Å². The highest BCUT2D eigenvalue weighted by Gasteiger charge is 2.30. The summed E-state index contributed by atoms with van der Waals surface area (Å²) < 4.78 is 52.1. The first-order chi connectivity index (χ1) is 18.6. The standard InChI is InChI=1S/C26H34F3N7O3/c1-5-35-17(3)20-13-19(21(38-4)14-30-20)22-33-24(23-31-16(2)15-36(23)34-22)39-12-8-6-7-9-18(32-25(35)37)10-11-26(27,28)29/h13-15,17-18H,5-12H2,1-4H3,(H,32,37)/t17-,18-/m1/s1. The maximum Gasteiger partial charge on any atom is 0.389 e. The van der Waals surface area contributed by atoms with Crippen LogP contribution in [0.2, 0.25) is 0 Å². The van der Waals surface area contributed by atoms with Crippen LogP contribution in [0.25, 0.3) is 17.0 Å². The predicted molar refractivity (Wildman–Crippen MR) is 138 cm³/mol. The molecule has 39 heavy (non-hydrogen) atoms. The SMILES string of the molecule is CCN1C(=O)N[C@@H](CCC(F)(F)F)CCCCCOc2nc(nn3cc(C)nc23)-c2cc(ncc2OC)[C@H]1C. The number of carbonyl (C=O) groups is 1. The van der Waals surface area contributed by atoms with Crippen LogP contribution in [0.15, 0.2) is 18.5 Å². The third-order valence-electron chi connectivity index (χ3n) is 6.80. The smallest absolute Gasteiger partial charge is 0.389 e. The van der Waals surface area contributed by atoms with Gasteiger partial charge in [0.25, 0.3) is 5.88 Å². The fraction of sp³-hybridized carbons (Fsp3) is 0.577. The minimum absolute atomic E-state index is 0.179. The van der Waals surface area contributed by atoms with E-state index in [1.54, 1.807) is 27.9 Å². The Morgan fingerprint density at radius 1 is 1.23 bits per heavy atom. The Kier molecular flexibility index (Phi) is 8.76. The van der Waals surface area contributed by atoms with Crippen LogP contribution in [0.5, 0.6) is 11.6 Å². The predicted octanol–water partition coefficient (Wildman–Crippen LogP) is 5.26. The van der Waals surface area contributed by atoms with Crippen LogP contribution in [0, 0.1) is 6.92 Å². The number of nitrogens with zero attached hydrogens (tertiary/aromatic N) is 6. The van der Waals surface area contributed by atoms with Crippen molar-refractivity contribution in [1.82, 2.24) is 34.8 Å². The molecule has 0 radical (unpaired) electrons. The first kappa shape index (κ1) is 28.4. The molecule has 1 aliphatic heterocycles. The monoisotopic (exact) mass is 549 g/mol. The molecule has 3 aromatic heterocycles. The molecule has 0 saturated carbocycles. The molecule has 3 aromatic rings. The largest absolute Gasteiger partial charge is 0.494 e. The number of hydrogen-bond donors (Lipinski definition) is 1. The Labute approximate surface area is 224 Å². The summed E-state index contributed by atoms with van der Waals surface area (Å²) in [7, 11) is 1.52. The first-order valence-electron chi connectivity index (χ1n) is 13.1. The molecule has 4 rings (SSSR count). The second-order valence-electron chi connectivity index (χ2n) is 9.66. The van der Waals surface area contributed by atoms with Gasteiger partial charge in [0.15, 0.2) is 5.82 Å². The summed E-state index contributed by atoms with van der Waals surface area (Å²) in [4.78, 5) is 28.5. The van der Waals surface area contributed by atoms with E-state index < -0.39 is 30.7 Å². The summed E-state index contributed by atoms with van der Waals surface area (Å²) >= 11 is 0. The lowest BCUT2D eigenvalue weighted by molar-refractivity contribution is -0.136. The number of alkyl halides is 3. The topological polar surface area (TPSA) is 107 Å². The van der Waals surface area contributed by atoms with Crippen LogP contribution in [0.4, 0.5) is 18.0 Å². The van der Waals surface area contributed by atoms with Crippen LogP contribution in [-0.4, -0.2) is 68.0 Å². The van der Waals surface area contributed by atoms with Crippen molar-refractivity contribution in [2.75, 3.05) is 20.3 Å². The van der Waals surface area contributed by atoms with Gasteiger partial charge in [-0.25, -0.2) is 14.3 Å². The zero-order valence-corrected chi connectivity index (χ0v) is 22.6. The van der Waals surface area contributed by atoms with Crippen molar-refractivity contribution < 1.29 is 27.4 Å². The number of hydrogen-bond acceptors (Lipinski definition) is 7. The normalized spacial score (nSPS) is 19.4. The molecule has 10 nitrogen and oxygen atoms in total. The molecule has 1 aliphatic rings. The number of imidazole rings is 1. The van der Waals surface area contributed by atoms with Crippen molar-refractivity contribution in [1.29, 1.82) is 0 Å². The summed E-state index contributed by atoms with van der Waals surface area (Å²) in [6.07, 6.45) is 0.330. The summed E-state index contributed by atoms with van der Waals surface area (Å²) in [5.74, 6) is 1.10. The van der Waals surface area contributed by atoms with E-state index in [-0.39, 0.29) is 6.42 Å². The minimum atomic E-state index is -4.29. The molecule has 0 spiro atoms. The van der Waals surface area contributed by atoms with E-state index in [1.165, 1.54) is 7.11 Å². The Morgan fingerprint density at radius 2 is 2.03 bits per heavy atom. The number of carbonyl (C=O) groups excluding carboxylic acids is 1. The van der Waals surface area contributed by atoms with Gasteiger partial charge in [0.2, 0.25) is 5.65 Å². The van der Waals surface area contributed by atoms with Gasteiger partial charge in [0, 0.05) is 19.0 Å². The second-order valence-corrected chi connectivity index (χ2v) is 9.66. The summed E-state index contributed by atoms with van der Waals surface area (Å²) in [6.45, 7) is 6.16. The van der Waals surface area contributed by atoms with Gasteiger partial charge >= 0.3 is 12.2 Å². The van der Waals surface area contributed by atoms with E-state index in [1.807, 2.05) is 20.8 Å². The Morgan fingerprint density at radius 3 is 2.74 bits per heavy atom. The molecule has 4 bridgehead atoms. The van der Waals surface area contributed by atoms with E-state index in [4.69, 9.17) is 9.47 Å². The van der Waals surface area contributed by atoms with Crippen molar-refractivity contribution in [3.05, 3.63) is 29.8 Å². The number of fused-ring (bicyclic) bond motifs is 7. The lowest BCUT2D eigenvalue weighted by atomic mass is 10.0. The molecule has 0 aliphatic carbocycles. The molecule has 2 amide bonds. The van der Waals surface area contributed by atoms with Gasteiger partial charge < -0.3 is 19.7 Å². The van der Waals surface area contributed by atoms with Gasteiger partial charge in [-0.05, 0) is 52.5 Å². The molecule has 1 N–H and O–H groups in total. The molecular formula is C26H34F3N7O3. The molecule has 13 heteroatoms. The van der Waals surface area contributed by atoms with Crippen LogP contribution in [-0.2, 0) is 0 Å². The van der Waals surface area contributed by atoms with Gasteiger partial charge in [-0.2, -0.15) is 18.2 Å². The maximum absolute atomic E-state index is 13.3. The lowest BCUT2D eigenvalue weighted by Crippen LogP contribution is -2.46. The Balaban J connectivity index is 1.74. The third kappa shape index (κ3) is 6.87. The van der Waals surface area contributed by atoms with E-state index in [2.05, 4.69) is 25.4 Å². The zero-order valence-electron chi connectivity index (χ0n) is 22.6. The molecular weight excluding hydrogens is 515 g/mol. The summed E-state index contributed by atoms with van der Waals surface area (Å²) in [5.41, 5.74) is 2.33. The molecule has 0 saturated heterocycles. The van der Waals surface area contributed by atoms with E-state index >= 15 is 0 Å². The summed E-state index contributed by atoms with van der Waals surface area (Å²) in [5, 5.41) is 7.47. The molecule has 212 valence electrons. The van der Waals surface area contributed by atoms with Gasteiger partial charge in [-0.15, -0.1) is 5.10 Å². The van der Waals surface area contributed by atoms with Crippen molar-refractivity contribution in [3.8, 4) is 23.0 Å². The minimum Gasteiger partial charge on any atom is -0.494 e. The molecule has 0 fully saturated rings. The molecule has 2 atom stereocenters. The highest BCUT2D eigenvalue weighted by Crippen LogP contribution is 2.32.